The topological polar surface area (TPSA) is 129 Å². The van der Waals surface area contributed by atoms with Gasteiger partial charge < -0.3 is 16.0 Å². The van der Waals surface area contributed by atoms with Gasteiger partial charge >= 0.3 is 6.03 Å². The molecule has 9 nitrogen and oxygen atoms in total. The molecule has 0 fully saturated rings. The van der Waals surface area contributed by atoms with E-state index in [4.69, 9.17) is 0 Å². The standard InChI is InChI=1S/C25H31N5O4S2/c1-15(2)27-24(32)29-19-11-12-20(22(13-19)36(33,34)30-25(4,5)6)23-26-14-21(35-23)17-7-9-18(10-8-17)28-16(3)31/h7-15,30H,1-6H3,(H,28,31)(H2,27,29,32). The first-order valence-corrected chi connectivity index (χ1v) is 13.6. The molecule has 0 spiro atoms. The van der Waals surface area contributed by atoms with Crippen LogP contribution >= 0.6 is 11.3 Å². The van der Waals surface area contributed by atoms with Gasteiger partial charge in [0.05, 0.1) is 9.77 Å². The molecule has 1 aromatic heterocycles. The van der Waals surface area contributed by atoms with Gasteiger partial charge in [0, 0.05) is 41.6 Å². The summed E-state index contributed by atoms with van der Waals surface area (Å²) in [6.07, 6.45) is 1.68. The molecule has 0 aliphatic heterocycles. The lowest BCUT2D eigenvalue weighted by atomic mass is 10.1. The maximum Gasteiger partial charge on any atom is 0.319 e. The number of carbonyl (C=O) groups excluding carboxylic acids is 2. The normalized spacial score (nSPS) is 11.9. The van der Waals surface area contributed by atoms with Gasteiger partial charge in [-0.2, -0.15) is 0 Å². The van der Waals surface area contributed by atoms with Crippen molar-refractivity contribution < 1.29 is 18.0 Å². The molecular formula is C25H31N5O4S2. The van der Waals surface area contributed by atoms with E-state index in [2.05, 4.69) is 25.7 Å². The van der Waals surface area contributed by atoms with Crippen molar-refractivity contribution in [2.75, 3.05) is 10.6 Å². The Morgan fingerprint density at radius 3 is 2.19 bits per heavy atom. The molecule has 0 atom stereocenters. The van der Waals surface area contributed by atoms with Gasteiger partial charge in [-0.3, -0.25) is 4.79 Å². The number of sulfonamides is 1. The number of nitrogens with one attached hydrogen (secondary N) is 4. The predicted molar refractivity (Wildman–Crippen MR) is 145 cm³/mol. The van der Waals surface area contributed by atoms with Gasteiger partial charge in [-0.1, -0.05) is 12.1 Å². The summed E-state index contributed by atoms with van der Waals surface area (Å²) in [6.45, 7) is 10.4. The molecule has 2 aromatic carbocycles. The number of nitrogens with zero attached hydrogens (tertiary/aromatic N) is 1. The number of carbonyl (C=O) groups is 2. The number of urea groups is 1. The first-order chi connectivity index (χ1) is 16.7. The Balaban J connectivity index is 2.00. The van der Waals surface area contributed by atoms with Gasteiger partial charge in [-0.25, -0.2) is 22.9 Å². The summed E-state index contributed by atoms with van der Waals surface area (Å²) in [4.78, 5) is 28.8. The van der Waals surface area contributed by atoms with Crippen LogP contribution in [0.15, 0.2) is 53.6 Å². The van der Waals surface area contributed by atoms with Crippen LogP contribution in [-0.4, -0.2) is 36.9 Å². The zero-order valence-electron chi connectivity index (χ0n) is 21.1. The SMILES string of the molecule is CC(=O)Nc1ccc(-c2cnc(-c3ccc(NC(=O)NC(C)C)cc3S(=O)(=O)NC(C)(C)C)s2)cc1. The van der Waals surface area contributed by atoms with E-state index in [0.29, 0.717) is 21.9 Å². The van der Waals surface area contributed by atoms with Gasteiger partial charge in [0.25, 0.3) is 0 Å². The molecule has 3 aromatic rings. The number of thiazole rings is 1. The van der Waals surface area contributed by atoms with Crippen LogP contribution in [0.1, 0.15) is 41.5 Å². The molecule has 0 saturated carbocycles. The molecule has 192 valence electrons. The van der Waals surface area contributed by atoms with Crippen molar-refractivity contribution in [3.63, 3.8) is 0 Å². The highest BCUT2D eigenvalue weighted by molar-refractivity contribution is 7.89. The number of hydrogen-bond donors (Lipinski definition) is 4. The average molecular weight is 530 g/mol. The fourth-order valence-electron chi connectivity index (χ4n) is 3.34. The molecule has 0 radical (unpaired) electrons. The molecule has 0 bridgehead atoms. The second kappa shape index (κ2) is 10.8. The quantitative estimate of drug-likeness (QED) is 0.341. The summed E-state index contributed by atoms with van der Waals surface area (Å²) < 4.78 is 29.4. The Morgan fingerprint density at radius 2 is 1.61 bits per heavy atom. The van der Waals surface area contributed by atoms with Crippen LogP contribution in [0, 0.1) is 0 Å². The lowest BCUT2D eigenvalue weighted by Crippen LogP contribution is -2.40. The summed E-state index contributed by atoms with van der Waals surface area (Å²) >= 11 is 1.34. The van der Waals surface area contributed by atoms with E-state index in [1.165, 1.54) is 24.3 Å². The van der Waals surface area contributed by atoms with Gasteiger partial charge in [0.15, 0.2) is 0 Å². The van der Waals surface area contributed by atoms with Crippen LogP contribution in [0.2, 0.25) is 0 Å². The van der Waals surface area contributed by atoms with E-state index in [1.54, 1.807) is 51.2 Å². The number of benzene rings is 2. The van der Waals surface area contributed by atoms with E-state index in [-0.39, 0.29) is 16.8 Å². The molecule has 0 saturated heterocycles. The third-order valence-electron chi connectivity index (χ3n) is 4.62. The van der Waals surface area contributed by atoms with Gasteiger partial charge in [0.2, 0.25) is 15.9 Å². The highest BCUT2D eigenvalue weighted by Gasteiger charge is 2.27. The van der Waals surface area contributed by atoms with E-state index >= 15 is 0 Å². The molecule has 3 amide bonds. The lowest BCUT2D eigenvalue weighted by Gasteiger charge is -2.22. The maximum atomic E-state index is 13.4. The number of amides is 3. The molecule has 36 heavy (non-hydrogen) atoms. The number of aromatic nitrogens is 1. The van der Waals surface area contributed by atoms with Crippen molar-refractivity contribution in [3.05, 3.63) is 48.7 Å². The van der Waals surface area contributed by atoms with Gasteiger partial charge in [-0.05, 0) is 70.5 Å². The largest absolute Gasteiger partial charge is 0.336 e. The third kappa shape index (κ3) is 7.36. The van der Waals surface area contributed by atoms with Crippen LogP contribution in [0.3, 0.4) is 0 Å². The van der Waals surface area contributed by atoms with Crippen molar-refractivity contribution >= 4 is 44.7 Å². The Bertz CT molecular complexity index is 1360. The minimum absolute atomic E-state index is 0.0154. The summed E-state index contributed by atoms with van der Waals surface area (Å²) in [6, 6.07) is 11.5. The van der Waals surface area contributed by atoms with Crippen LogP contribution < -0.4 is 20.7 Å². The number of anilines is 2. The van der Waals surface area contributed by atoms with Crippen molar-refractivity contribution in [3.8, 4) is 21.0 Å². The number of hydrogen-bond acceptors (Lipinski definition) is 6. The summed E-state index contributed by atoms with van der Waals surface area (Å²) in [5.74, 6) is -0.153. The number of rotatable bonds is 7. The van der Waals surface area contributed by atoms with Gasteiger partial charge in [-0.15, -0.1) is 11.3 Å². The van der Waals surface area contributed by atoms with E-state index in [9.17, 15) is 18.0 Å². The summed E-state index contributed by atoms with van der Waals surface area (Å²) in [5.41, 5.74) is 1.62. The zero-order chi connectivity index (χ0) is 26.7. The molecule has 3 rings (SSSR count). The lowest BCUT2D eigenvalue weighted by molar-refractivity contribution is -0.114. The smallest absolute Gasteiger partial charge is 0.319 e. The van der Waals surface area contributed by atoms with Crippen molar-refractivity contribution in [2.45, 2.75) is 58.0 Å². The van der Waals surface area contributed by atoms with Crippen LogP contribution in [-0.2, 0) is 14.8 Å². The second-order valence-corrected chi connectivity index (χ2v) is 12.3. The van der Waals surface area contributed by atoms with E-state index < -0.39 is 21.6 Å². The third-order valence-corrected chi connectivity index (χ3v) is 7.49. The monoisotopic (exact) mass is 529 g/mol. The predicted octanol–water partition coefficient (Wildman–Crippen LogP) is 5.04. The van der Waals surface area contributed by atoms with Crippen LogP contribution in [0.4, 0.5) is 16.2 Å². The minimum Gasteiger partial charge on any atom is -0.336 e. The summed E-state index contributed by atoms with van der Waals surface area (Å²) in [5, 5.41) is 8.65. The molecule has 1 heterocycles. The first-order valence-electron chi connectivity index (χ1n) is 11.3. The molecule has 11 heteroatoms. The Kier molecular flexibility index (Phi) is 8.17. The minimum atomic E-state index is -3.95. The first kappa shape index (κ1) is 27.3. The Hall–Kier alpha value is -3.28. The van der Waals surface area contributed by atoms with Crippen molar-refractivity contribution in [1.29, 1.82) is 0 Å². The fraction of sp³-hybridized carbons (Fsp3) is 0.320. The van der Waals surface area contributed by atoms with Gasteiger partial charge in [0.1, 0.15) is 5.01 Å². The molecular weight excluding hydrogens is 498 g/mol. The average Bonchev–Trinajstić information content (AvgIpc) is 3.21. The van der Waals surface area contributed by atoms with Crippen molar-refractivity contribution in [1.82, 2.24) is 15.0 Å². The molecule has 0 unspecified atom stereocenters. The van der Waals surface area contributed by atoms with E-state index in [0.717, 1.165) is 10.4 Å². The molecule has 0 aliphatic rings. The summed E-state index contributed by atoms with van der Waals surface area (Å²) in [7, 11) is -3.95. The molecule has 0 aliphatic carbocycles. The Labute approximate surface area is 215 Å². The fourth-order valence-corrected chi connectivity index (χ4v) is 6.02. The highest BCUT2D eigenvalue weighted by atomic mass is 32.2. The van der Waals surface area contributed by atoms with Crippen molar-refractivity contribution in [2.24, 2.45) is 0 Å². The second-order valence-electron chi connectivity index (χ2n) is 9.61. The highest BCUT2D eigenvalue weighted by Crippen LogP contribution is 2.37. The van der Waals surface area contributed by atoms with Crippen LogP contribution in [0.5, 0.6) is 0 Å². The zero-order valence-corrected chi connectivity index (χ0v) is 22.7. The Morgan fingerprint density at radius 1 is 0.972 bits per heavy atom. The van der Waals surface area contributed by atoms with E-state index in [1.807, 2.05) is 26.0 Å². The van der Waals surface area contributed by atoms with Crippen LogP contribution in [0.25, 0.3) is 21.0 Å². The molecule has 4 N–H and O–H groups in total. The maximum absolute atomic E-state index is 13.4.